The van der Waals surface area contributed by atoms with Gasteiger partial charge in [-0.25, -0.2) is 0 Å². The van der Waals surface area contributed by atoms with Crippen molar-refractivity contribution in [1.29, 1.82) is 0 Å². The van der Waals surface area contributed by atoms with Crippen LogP contribution in [0.5, 0.6) is 0 Å². The van der Waals surface area contributed by atoms with E-state index >= 15 is 0 Å². The van der Waals surface area contributed by atoms with E-state index in [0.717, 1.165) is 77.2 Å². The molecule has 49 heavy (non-hydrogen) atoms. The number of nitrogens with two attached hydrogens (primary N) is 1. The van der Waals surface area contributed by atoms with Gasteiger partial charge in [-0.3, -0.25) is 14.8 Å². The molecule has 8 atom stereocenters. The van der Waals surface area contributed by atoms with Crippen LogP contribution in [0.3, 0.4) is 0 Å². The SMILES string of the molecule is CC1(C)CC2C3=C(c4ccc(CN5CCOCC5)cc4)CC4[C@@]5(C)Cc6c(n[nH]c6N)C(C)(C)C5CC[C@@]4(C)[C@]3(C)CC[C@@H]2[C@H](C(=O)O)C1. The van der Waals surface area contributed by atoms with Crippen LogP contribution in [-0.4, -0.2) is 52.5 Å². The number of anilines is 1. The van der Waals surface area contributed by atoms with Gasteiger partial charge in [0.25, 0.3) is 0 Å². The van der Waals surface area contributed by atoms with Crippen LogP contribution < -0.4 is 5.73 Å². The summed E-state index contributed by atoms with van der Waals surface area (Å²) in [7, 11) is 0. The molecule has 0 amide bonds. The highest BCUT2D eigenvalue weighted by atomic mass is 16.5. The summed E-state index contributed by atoms with van der Waals surface area (Å²) in [5.74, 6) is 1.37. The highest BCUT2D eigenvalue weighted by Gasteiger charge is 2.68. The molecule has 7 nitrogen and oxygen atoms in total. The second-order valence-corrected chi connectivity index (χ2v) is 19.3. The maximum atomic E-state index is 12.9. The Kier molecular flexibility index (Phi) is 7.64. The number of fused-ring (bicyclic) bond motifs is 8. The molecule has 0 spiro atoms. The highest BCUT2D eigenvalue weighted by molar-refractivity contribution is 5.75. The lowest BCUT2D eigenvalue weighted by Gasteiger charge is -2.70. The van der Waals surface area contributed by atoms with E-state index in [4.69, 9.17) is 15.6 Å². The summed E-state index contributed by atoms with van der Waals surface area (Å²) in [5, 5.41) is 18.6. The summed E-state index contributed by atoms with van der Waals surface area (Å²) in [6, 6.07) is 9.55. The number of nitrogens with zero attached hydrogens (tertiary/aromatic N) is 2. The number of ether oxygens (including phenoxy) is 1. The third-order valence-corrected chi connectivity index (χ3v) is 15.9. The average Bonchev–Trinajstić information content (AvgIpc) is 3.41. The quantitative estimate of drug-likeness (QED) is 0.304. The van der Waals surface area contributed by atoms with Crippen LogP contribution in [0.1, 0.15) is 116 Å². The molecule has 3 unspecified atom stereocenters. The first-order valence-electron chi connectivity index (χ1n) is 19.3. The van der Waals surface area contributed by atoms with E-state index in [1.165, 1.54) is 40.8 Å². The van der Waals surface area contributed by atoms with Crippen molar-refractivity contribution in [2.75, 3.05) is 32.0 Å². The number of carboxylic acids is 1. The number of rotatable bonds is 4. The van der Waals surface area contributed by atoms with Crippen molar-refractivity contribution in [2.24, 2.45) is 51.2 Å². The van der Waals surface area contributed by atoms with Gasteiger partial charge in [0.05, 0.1) is 24.8 Å². The van der Waals surface area contributed by atoms with E-state index in [0.29, 0.717) is 17.8 Å². The molecular formula is C42H60N4O3. The first-order valence-corrected chi connectivity index (χ1v) is 19.3. The number of hydrogen-bond acceptors (Lipinski definition) is 5. The molecule has 2 aromatic rings. The van der Waals surface area contributed by atoms with E-state index in [1.54, 1.807) is 5.57 Å². The van der Waals surface area contributed by atoms with Crippen molar-refractivity contribution in [1.82, 2.24) is 15.1 Å². The number of hydrogen-bond donors (Lipinski definition) is 3. The molecule has 4 N–H and O–H groups in total. The third kappa shape index (κ3) is 4.87. The van der Waals surface area contributed by atoms with E-state index in [-0.39, 0.29) is 38.9 Å². The van der Waals surface area contributed by atoms with Crippen LogP contribution in [0, 0.1) is 51.2 Å². The lowest BCUT2D eigenvalue weighted by atomic mass is 9.33. The molecule has 1 aromatic carbocycles. The second-order valence-electron chi connectivity index (χ2n) is 19.3. The molecule has 1 aliphatic heterocycles. The smallest absolute Gasteiger partial charge is 0.306 e. The first kappa shape index (κ1) is 33.5. The predicted molar refractivity (Wildman–Crippen MR) is 195 cm³/mol. The van der Waals surface area contributed by atoms with Crippen molar-refractivity contribution in [3.8, 4) is 0 Å². The Labute approximate surface area is 293 Å². The first-order chi connectivity index (χ1) is 23.1. The number of nitrogen functional groups attached to an aromatic ring is 1. The van der Waals surface area contributed by atoms with Gasteiger partial charge in [-0.05, 0) is 113 Å². The minimum atomic E-state index is -0.591. The highest BCUT2D eigenvalue weighted by Crippen LogP contribution is 2.76. The van der Waals surface area contributed by atoms with Crippen molar-refractivity contribution in [3.63, 3.8) is 0 Å². The molecule has 266 valence electrons. The number of nitrogens with one attached hydrogen (secondary N) is 1. The average molecular weight is 669 g/mol. The Hall–Kier alpha value is -2.64. The summed E-state index contributed by atoms with van der Waals surface area (Å²) < 4.78 is 5.61. The number of allylic oxidation sites excluding steroid dienone is 2. The Bertz CT molecular complexity index is 1670. The fourth-order valence-corrected chi connectivity index (χ4v) is 13.5. The van der Waals surface area contributed by atoms with Gasteiger partial charge < -0.3 is 15.6 Å². The molecule has 5 aliphatic carbocycles. The maximum Gasteiger partial charge on any atom is 0.306 e. The van der Waals surface area contributed by atoms with E-state index in [2.05, 4.69) is 82.7 Å². The predicted octanol–water partition coefficient (Wildman–Crippen LogP) is 8.11. The van der Waals surface area contributed by atoms with Crippen molar-refractivity contribution >= 4 is 17.4 Å². The Morgan fingerprint density at radius 1 is 1.00 bits per heavy atom. The second kappa shape index (κ2) is 11.2. The molecule has 6 aliphatic rings. The van der Waals surface area contributed by atoms with Crippen LogP contribution >= 0.6 is 0 Å². The number of aliphatic carboxylic acids is 1. The van der Waals surface area contributed by atoms with Gasteiger partial charge in [-0.2, -0.15) is 5.10 Å². The van der Waals surface area contributed by atoms with Crippen LogP contribution in [0.25, 0.3) is 5.57 Å². The zero-order valence-electron chi connectivity index (χ0n) is 31.1. The number of benzene rings is 1. The molecule has 2 heterocycles. The molecule has 1 aromatic heterocycles. The van der Waals surface area contributed by atoms with Crippen LogP contribution in [-0.2, 0) is 27.9 Å². The molecule has 0 radical (unpaired) electrons. The Morgan fingerprint density at radius 2 is 1.71 bits per heavy atom. The molecule has 0 bridgehead atoms. The fraction of sp³-hybridized carbons (Fsp3) is 0.714. The Balaban J connectivity index is 1.28. The minimum Gasteiger partial charge on any atom is -0.481 e. The summed E-state index contributed by atoms with van der Waals surface area (Å²) in [4.78, 5) is 15.4. The molecule has 1 saturated heterocycles. The van der Waals surface area contributed by atoms with Gasteiger partial charge in [0.2, 0.25) is 0 Å². The number of aromatic nitrogens is 2. The van der Waals surface area contributed by atoms with Gasteiger partial charge in [-0.1, -0.05) is 78.3 Å². The zero-order chi connectivity index (χ0) is 34.7. The van der Waals surface area contributed by atoms with Crippen LogP contribution in [0.4, 0.5) is 5.82 Å². The van der Waals surface area contributed by atoms with Crippen LogP contribution in [0.15, 0.2) is 29.8 Å². The summed E-state index contributed by atoms with van der Waals surface area (Å²) >= 11 is 0. The Morgan fingerprint density at radius 3 is 2.41 bits per heavy atom. The van der Waals surface area contributed by atoms with E-state index < -0.39 is 5.97 Å². The molecular weight excluding hydrogens is 608 g/mol. The molecule has 7 heteroatoms. The molecule has 4 fully saturated rings. The van der Waals surface area contributed by atoms with E-state index in [9.17, 15) is 9.90 Å². The fourth-order valence-electron chi connectivity index (χ4n) is 13.5. The van der Waals surface area contributed by atoms with Gasteiger partial charge in [0, 0.05) is 30.6 Å². The van der Waals surface area contributed by atoms with Crippen molar-refractivity contribution in [2.45, 2.75) is 112 Å². The largest absolute Gasteiger partial charge is 0.481 e. The third-order valence-electron chi connectivity index (χ3n) is 15.9. The zero-order valence-corrected chi connectivity index (χ0v) is 31.1. The number of carboxylic acid groups (broad SMARTS) is 1. The summed E-state index contributed by atoms with van der Waals surface area (Å²) in [6.45, 7) is 21.9. The van der Waals surface area contributed by atoms with Gasteiger partial charge >= 0.3 is 5.97 Å². The maximum absolute atomic E-state index is 12.9. The monoisotopic (exact) mass is 668 g/mol. The molecule has 8 rings (SSSR count). The number of aromatic amines is 1. The van der Waals surface area contributed by atoms with Crippen molar-refractivity contribution in [3.05, 3.63) is 52.2 Å². The molecule has 3 saturated carbocycles. The standard InChI is InChI=1S/C42H60N4O3/c1-38(2)21-29-27(30(22-38)37(47)48)12-14-42(7)34(29)28(26-10-8-25(9-11-26)24-46-16-18-49-19-17-46)20-33-40(5)23-31-35(44-45-36(31)43)39(3,4)32(40)13-15-41(33,42)6/h8-11,27,29-30,32-33H,12-24H2,1-7H3,(H,47,48)(H3,43,44,45)/t27-,29?,30+,32?,33?,40-,41+,42+/m0/s1. The number of carbonyl (C=O) groups is 1. The van der Waals surface area contributed by atoms with Crippen molar-refractivity contribution < 1.29 is 14.6 Å². The van der Waals surface area contributed by atoms with Gasteiger partial charge in [0.15, 0.2) is 0 Å². The summed E-state index contributed by atoms with van der Waals surface area (Å²) in [5.41, 5.74) is 15.0. The minimum absolute atomic E-state index is 0.00426. The number of H-pyrrole nitrogens is 1. The number of morpholine rings is 1. The normalized spacial score (nSPS) is 39.6. The lowest BCUT2D eigenvalue weighted by molar-refractivity contribution is -0.161. The topological polar surface area (TPSA) is 104 Å². The van der Waals surface area contributed by atoms with Gasteiger partial charge in [0.1, 0.15) is 5.82 Å². The lowest BCUT2D eigenvalue weighted by Crippen LogP contribution is -2.64. The van der Waals surface area contributed by atoms with E-state index in [1.807, 2.05) is 0 Å². The van der Waals surface area contributed by atoms with Crippen LogP contribution in [0.2, 0.25) is 0 Å². The summed E-state index contributed by atoms with van der Waals surface area (Å²) in [6.07, 6.45) is 8.34. The van der Waals surface area contributed by atoms with Gasteiger partial charge in [-0.15, -0.1) is 0 Å².